The summed E-state index contributed by atoms with van der Waals surface area (Å²) < 4.78 is 0. The highest BCUT2D eigenvalue weighted by Crippen LogP contribution is 2.04. The molecule has 0 radical (unpaired) electrons. The van der Waals surface area contributed by atoms with Crippen molar-refractivity contribution in [3.63, 3.8) is 0 Å². The van der Waals surface area contributed by atoms with Crippen LogP contribution in [-0.2, 0) is 13.0 Å². The van der Waals surface area contributed by atoms with Crippen LogP contribution in [-0.4, -0.2) is 19.6 Å². The van der Waals surface area contributed by atoms with Gasteiger partial charge in [-0.1, -0.05) is 30.3 Å². The number of nitrogens with zero attached hydrogens (tertiary/aromatic N) is 1. The Morgan fingerprint density at radius 1 is 1.10 bits per heavy atom. The highest BCUT2D eigenvalue weighted by molar-refractivity contribution is 14.0. The lowest BCUT2D eigenvalue weighted by molar-refractivity contribution is 0.796. The second kappa shape index (κ2) is 9.77. The van der Waals surface area contributed by atoms with Crippen LogP contribution in [0.15, 0.2) is 52.2 Å². The second-order valence-electron chi connectivity index (χ2n) is 4.22. The van der Waals surface area contributed by atoms with Crippen LogP contribution < -0.4 is 10.6 Å². The van der Waals surface area contributed by atoms with Crippen LogP contribution in [0.5, 0.6) is 0 Å². The number of rotatable bonds is 5. The molecule has 0 atom stereocenters. The van der Waals surface area contributed by atoms with Crippen LogP contribution in [0.2, 0.25) is 0 Å². The molecule has 0 fully saturated rings. The molecule has 0 saturated heterocycles. The maximum absolute atomic E-state index is 4.22. The van der Waals surface area contributed by atoms with Gasteiger partial charge in [0.2, 0.25) is 0 Å². The van der Waals surface area contributed by atoms with Gasteiger partial charge in [0.1, 0.15) is 0 Å². The van der Waals surface area contributed by atoms with Crippen molar-refractivity contribution < 1.29 is 0 Å². The molecule has 1 aromatic heterocycles. The van der Waals surface area contributed by atoms with Gasteiger partial charge in [-0.15, -0.1) is 24.0 Å². The molecule has 108 valence electrons. The third-order valence-corrected chi connectivity index (χ3v) is 3.54. The van der Waals surface area contributed by atoms with Crippen molar-refractivity contribution in [3.8, 4) is 0 Å². The van der Waals surface area contributed by atoms with Gasteiger partial charge < -0.3 is 10.6 Å². The molecule has 0 aliphatic carbocycles. The molecule has 3 nitrogen and oxygen atoms in total. The summed E-state index contributed by atoms with van der Waals surface area (Å²) in [5.74, 6) is 0.849. The van der Waals surface area contributed by atoms with Crippen LogP contribution >= 0.6 is 35.3 Å². The maximum Gasteiger partial charge on any atom is 0.191 e. The summed E-state index contributed by atoms with van der Waals surface area (Å²) in [6.45, 7) is 1.70. The summed E-state index contributed by atoms with van der Waals surface area (Å²) >= 11 is 1.71. The van der Waals surface area contributed by atoms with Gasteiger partial charge in [0, 0.05) is 20.1 Å². The zero-order valence-corrected chi connectivity index (χ0v) is 14.7. The number of thiophene rings is 1. The first-order valence-electron chi connectivity index (χ1n) is 6.38. The summed E-state index contributed by atoms with van der Waals surface area (Å²) in [5, 5.41) is 10.9. The van der Waals surface area contributed by atoms with Gasteiger partial charge in [0.15, 0.2) is 5.96 Å². The van der Waals surface area contributed by atoms with E-state index in [0.717, 1.165) is 25.5 Å². The summed E-state index contributed by atoms with van der Waals surface area (Å²) in [6.07, 6.45) is 1.000. The van der Waals surface area contributed by atoms with Crippen molar-refractivity contribution in [3.05, 3.63) is 58.3 Å². The lowest BCUT2D eigenvalue weighted by Gasteiger charge is -2.11. The molecule has 0 unspecified atom stereocenters. The van der Waals surface area contributed by atoms with E-state index in [1.807, 2.05) is 6.07 Å². The summed E-state index contributed by atoms with van der Waals surface area (Å²) in [6, 6.07) is 12.6. The number of hydrogen-bond donors (Lipinski definition) is 2. The molecule has 0 aliphatic heterocycles. The predicted molar refractivity (Wildman–Crippen MR) is 98.1 cm³/mol. The smallest absolute Gasteiger partial charge is 0.191 e. The largest absolute Gasteiger partial charge is 0.356 e. The van der Waals surface area contributed by atoms with E-state index in [9.17, 15) is 0 Å². The van der Waals surface area contributed by atoms with Crippen LogP contribution in [0.3, 0.4) is 0 Å². The summed E-state index contributed by atoms with van der Waals surface area (Å²) in [7, 11) is 1.80. The fourth-order valence-electron chi connectivity index (χ4n) is 1.77. The van der Waals surface area contributed by atoms with Gasteiger partial charge in [-0.25, -0.2) is 0 Å². The van der Waals surface area contributed by atoms with E-state index in [1.54, 1.807) is 18.4 Å². The van der Waals surface area contributed by atoms with E-state index in [-0.39, 0.29) is 24.0 Å². The normalized spacial score (nSPS) is 10.8. The van der Waals surface area contributed by atoms with Crippen LogP contribution in [0.25, 0.3) is 0 Å². The molecule has 20 heavy (non-hydrogen) atoms. The minimum Gasteiger partial charge on any atom is -0.356 e. The maximum atomic E-state index is 4.22. The molecule has 0 amide bonds. The van der Waals surface area contributed by atoms with Gasteiger partial charge >= 0.3 is 0 Å². The Labute approximate surface area is 141 Å². The second-order valence-corrected chi connectivity index (χ2v) is 5.00. The van der Waals surface area contributed by atoms with Gasteiger partial charge in [0.05, 0.1) is 0 Å². The van der Waals surface area contributed by atoms with Crippen LogP contribution in [0.1, 0.15) is 11.1 Å². The number of nitrogens with one attached hydrogen (secondary N) is 2. The zero-order valence-electron chi connectivity index (χ0n) is 11.5. The standard InChI is InChI=1S/C15H19N3S.HI/c1-16-15(18-11-14-8-10-19-12-14)17-9-7-13-5-3-2-4-6-13;/h2-6,8,10,12H,7,9,11H2,1H3,(H2,16,17,18);1H. The summed E-state index contributed by atoms with van der Waals surface area (Å²) in [4.78, 5) is 4.22. The first-order chi connectivity index (χ1) is 9.38. The minimum atomic E-state index is 0. The number of halogens is 1. The average Bonchev–Trinajstić information content (AvgIpc) is 2.97. The third kappa shape index (κ3) is 5.92. The fourth-order valence-corrected chi connectivity index (χ4v) is 2.44. The summed E-state index contributed by atoms with van der Waals surface area (Å²) in [5.41, 5.74) is 2.62. The molecule has 0 spiro atoms. The van der Waals surface area contributed by atoms with E-state index >= 15 is 0 Å². The van der Waals surface area contributed by atoms with Crippen molar-refractivity contribution in [2.24, 2.45) is 4.99 Å². The van der Waals surface area contributed by atoms with Crippen molar-refractivity contribution >= 4 is 41.3 Å². The van der Waals surface area contributed by atoms with Crippen molar-refractivity contribution in [2.75, 3.05) is 13.6 Å². The molecule has 0 aliphatic rings. The first kappa shape index (κ1) is 17.0. The molecule has 5 heteroatoms. The Bertz CT molecular complexity index is 497. The molecule has 2 rings (SSSR count). The van der Waals surface area contributed by atoms with Crippen LogP contribution in [0, 0.1) is 0 Å². The van der Waals surface area contributed by atoms with Gasteiger partial charge in [-0.05, 0) is 34.4 Å². The van der Waals surface area contributed by atoms with Crippen molar-refractivity contribution in [1.29, 1.82) is 0 Å². The monoisotopic (exact) mass is 401 g/mol. The Morgan fingerprint density at radius 2 is 1.90 bits per heavy atom. The third-order valence-electron chi connectivity index (χ3n) is 2.81. The lowest BCUT2D eigenvalue weighted by Crippen LogP contribution is -2.37. The molecule has 2 aromatic rings. The number of hydrogen-bond acceptors (Lipinski definition) is 2. The zero-order chi connectivity index (χ0) is 13.3. The molecular formula is C15H20IN3S. The van der Waals surface area contributed by atoms with Gasteiger partial charge in [0.25, 0.3) is 0 Å². The van der Waals surface area contributed by atoms with Crippen molar-refractivity contribution in [2.45, 2.75) is 13.0 Å². The molecule has 0 saturated carbocycles. The topological polar surface area (TPSA) is 36.4 Å². The SMILES string of the molecule is CN=C(NCCc1ccccc1)NCc1ccsc1.I. The van der Waals surface area contributed by atoms with E-state index in [1.165, 1.54) is 11.1 Å². The van der Waals surface area contributed by atoms with E-state index in [0.29, 0.717) is 0 Å². The van der Waals surface area contributed by atoms with Gasteiger partial charge in [-0.2, -0.15) is 11.3 Å². The highest BCUT2D eigenvalue weighted by atomic mass is 127. The molecule has 1 heterocycles. The average molecular weight is 401 g/mol. The predicted octanol–water partition coefficient (Wildman–Crippen LogP) is 3.27. The number of benzene rings is 1. The first-order valence-corrected chi connectivity index (χ1v) is 7.32. The lowest BCUT2D eigenvalue weighted by atomic mass is 10.1. The number of guanidine groups is 1. The Hall–Kier alpha value is -1.08. The quantitative estimate of drug-likeness (QED) is 0.459. The number of aliphatic imine (C=N–C) groups is 1. The Kier molecular flexibility index (Phi) is 8.29. The van der Waals surface area contributed by atoms with E-state index < -0.39 is 0 Å². The highest BCUT2D eigenvalue weighted by Gasteiger charge is 1.98. The van der Waals surface area contributed by atoms with Gasteiger partial charge in [-0.3, -0.25) is 4.99 Å². The minimum absolute atomic E-state index is 0. The van der Waals surface area contributed by atoms with Crippen LogP contribution in [0.4, 0.5) is 0 Å². The fraction of sp³-hybridized carbons (Fsp3) is 0.267. The molecular weight excluding hydrogens is 381 g/mol. The molecule has 2 N–H and O–H groups in total. The van der Waals surface area contributed by atoms with E-state index in [2.05, 4.69) is 56.7 Å². The van der Waals surface area contributed by atoms with Crippen molar-refractivity contribution in [1.82, 2.24) is 10.6 Å². The molecule has 0 bridgehead atoms. The Balaban J connectivity index is 0.00000200. The Morgan fingerprint density at radius 3 is 2.55 bits per heavy atom. The molecule has 1 aromatic carbocycles. The van der Waals surface area contributed by atoms with E-state index in [4.69, 9.17) is 0 Å².